The summed E-state index contributed by atoms with van der Waals surface area (Å²) in [5.74, 6) is -3.77. The van der Waals surface area contributed by atoms with E-state index < -0.39 is 35.8 Å². The van der Waals surface area contributed by atoms with Crippen LogP contribution in [0.5, 0.6) is 0 Å². The molecule has 224 valence electrons. The van der Waals surface area contributed by atoms with Crippen LogP contribution in [0, 0.1) is 20.0 Å². The molecule has 1 rings (SSSR count). The fourth-order valence-corrected chi connectivity index (χ4v) is 2.76. The Labute approximate surface area is 233 Å². The summed E-state index contributed by atoms with van der Waals surface area (Å²) in [6.45, 7) is 13.4. The Hall–Kier alpha value is -4.86. The van der Waals surface area contributed by atoms with Crippen molar-refractivity contribution < 1.29 is 52.9 Å². The second kappa shape index (κ2) is 26.7. The first-order valence-electron chi connectivity index (χ1n) is 11.3. The summed E-state index contributed by atoms with van der Waals surface area (Å²) in [6.07, 6.45) is 2.65. The van der Waals surface area contributed by atoms with E-state index in [0.29, 0.717) is 24.9 Å². The van der Waals surface area contributed by atoms with E-state index in [1.54, 1.807) is 0 Å². The first-order valence-corrected chi connectivity index (χ1v) is 11.3. The molecule has 0 radical (unpaired) electrons. The van der Waals surface area contributed by atoms with Gasteiger partial charge in [0.2, 0.25) is 24.1 Å². The Morgan fingerprint density at radius 1 is 0.951 bits per heavy atom. The molecule has 8 N–H and O–H groups in total. The number of unbranched alkanes of at least 4 members (excludes halogenated alkanes) is 1. The maximum atomic E-state index is 12.0. The van der Waals surface area contributed by atoms with Crippen LogP contribution in [0.4, 0.5) is 0 Å². The number of carbonyl (C=O) groups excluding carboxylic acids is 4. The van der Waals surface area contributed by atoms with Crippen molar-refractivity contribution in [1.29, 1.82) is 0 Å². The van der Waals surface area contributed by atoms with Gasteiger partial charge in [-0.05, 0) is 19.3 Å². The summed E-state index contributed by atoms with van der Waals surface area (Å²) in [5.41, 5.74) is 5.76. The van der Waals surface area contributed by atoms with Gasteiger partial charge in [0.05, 0.1) is 12.2 Å². The minimum atomic E-state index is -1.20. The molecule has 19 nitrogen and oxygen atoms in total. The fraction of sp³-hybridized carbons (Fsp3) is 0.500. The molecule has 19 heteroatoms. The molecule has 0 aromatic carbocycles. The van der Waals surface area contributed by atoms with E-state index in [-0.39, 0.29) is 51.3 Å². The Balaban J connectivity index is -0.00000225. The summed E-state index contributed by atoms with van der Waals surface area (Å²) in [7, 11) is 0. The third kappa shape index (κ3) is 21.7. The number of nitrogens with two attached hydrogens (primary N) is 1. The molecule has 0 saturated heterocycles. The third-order valence-electron chi connectivity index (χ3n) is 4.53. The van der Waals surface area contributed by atoms with Gasteiger partial charge in [-0.1, -0.05) is 5.21 Å². The number of nitrogens with one attached hydrogen (secondary N) is 4. The topological polar surface area (TPSA) is 307 Å². The van der Waals surface area contributed by atoms with Gasteiger partial charge in [-0.2, -0.15) is 0 Å². The molecule has 0 spiro atoms. The number of hydrogen-bond acceptors (Lipinski definition) is 9. The SMILES string of the molecule is N[C@H](Cc1cn(CC(=O)NCCCCC(NC(=O)CCNC(=O)CNC=O)C(=O)O)nn1)C(=O)O.[C-]#[O+].[C-]#[O+].[C-]#[O+]. The van der Waals surface area contributed by atoms with E-state index >= 15 is 0 Å². The van der Waals surface area contributed by atoms with Crippen molar-refractivity contribution in [2.24, 2.45) is 5.73 Å². The van der Waals surface area contributed by atoms with Crippen LogP contribution in [-0.4, -0.2) is 93.0 Å². The van der Waals surface area contributed by atoms with Gasteiger partial charge in [-0.3, -0.25) is 24.0 Å². The number of rotatable bonds is 18. The summed E-state index contributed by atoms with van der Waals surface area (Å²) in [5, 5.41) is 35.2. The molecule has 0 bridgehead atoms. The standard InChI is InChI=1S/C19H30N8O8.3CO/c20-13(18(32)33)7-12-9-27(26-25-12)10-17(31)22-5-2-1-3-14(19(34)35)24-15(29)4-6-23-16(30)8-21-11-28;3*1-2/h9,11,13-14H,1-8,10,20H2,(H,21,28)(H,22,31)(H,23,30)(H,24,29)(H,32,33)(H,34,35);;;/t13-,14?;;;/m1.../s1. The van der Waals surface area contributed by atoms with Gasteiger partial charge in [-0.25, -0.2) is 9.48 Å². The zero-order chi connectivity index (χ0) is 32.2. The first-order chi connectivity index (χ1) is 19.6. The van der Waals surface area contributed by atoms with Crippen LogP contribution >= 0.6 is 0 Å². The van der Waals surface area contributed by atoms with Gasteiger partial charge >= 0.3 is 45.8 Å². The molecule has 1 unspecified atom stereocenters. The predicted molar refractivity (Wildman–Crippen MR) is 129 cm³/mol. The van der Waals surface area contributed by atoms with E-state index in [1.807, 2.05) is 0 Å². The second-order valence-electron chi connectivity index (χ2n) is 7.46. The number of nitrogens with zero attached hydrogens (tertiary/aromatic N) is 3. The number of hydrogen-bond donors (Lipinski definition) is 7. The second-order valence-corrected chi connectivity index (χ2v) is 7.46. The van der Waals surface area contributed by atoms with Crippen molar-refractivity contribution in [2.75, 3.05) is 19.6 Å². The molecule has 0 fully saturated rings. The van der Waals surface area contributed by atoms with Crippen molar-refractivity contribution in [1.82, 2.24) is 36.3 Å². The Morgan fingerprint density at radius 2 is 1.56 bits per heavy atom. The van der Waals surface area contributed by atoms with Gasteiger partial charge in [0.15, 0.2) is 0 Å². The third-order valence-corrected chi connectivity index (χ3v) is 4.53. The van der Waals surface area contributed by atoms with E-state index in [4.69, 9.17) is 24.8 Å². The van der Waals surface area contributed by atoms with Gasteiger partial charge in [0, 0.05) is 32.1 Å². The van der Waals surface area contributed by atoms with Crippen LogP contribution in [0.15, 0.2) is 6.20 Å². The monoisotopic (exact) mass is 582 g/mol. The van der Waals surface area contributed by atoms with Crippen LogP contribution < -0.4 is 27.0 Å². The molecule has 1 aromatic heterocycles. The average molecular weight is 583 g/mol. The number of carboxylic acids is 2. The number of carbonyl (C=O) groups is 6. The molecule has 0 aliphatic carbocycles. The number of amides is 4. The Kier molecular flexibility index (Phi) is 26.5. The van der Waals surface area contributed by atoms with E-state index in [2.05, 4.69) is 51.5 Å². The molecule has 0 aliphatic rings. The van der Waals surface area contributed by atoms with Gasteiger partial charge in [0.1, 0.15) is 18.6 Å². The van der Waals surface area contributed by atoms with Crippen LogP contribution in [0.25, 0.3) is 0 Å². The first kappa shape index (κ1) is 40.6. The van der Waals surface area contributed by atoms with Gasteiger partial charge < -0.3 is 37.2 Å². The maximum absolute atomic E-state index is 12.0. The minimum absolute atomic E-state index is 0.0107. The van der Waals surface area contributed by atoms with Crippen molar-refractivity contribution in [3.05, 3.63) is 31.8 Å². The molecule has 41 heavy (non-hydrogen) atoms. The molecule has 0 saturated carbocycles. The molecule has 2 atom stereocenters. The zero-order valence-electron chi connectivity index (χ0n) is 21.7. The number of carboxylic acid groups (broad SMARTS) is 2. The van der Waals surface area contributed by atoms with Crippen molar-refractivity contribution >= 4 is 36.1 Å². The molecular weight excluding hydrogens is 552 g/mol. The van der Waals surface area contributed by atoms with E-state index in [1.165, 1.54) is 10.9 Å². The summed E-state index contributed by atoms with van der Waals surface area (Å²) >= 11 is 0. The summed E-state index contributed by atoms with van der Waals surface area (Å²) < 4.78 is 23.7. The molecule has 0 aliphatic heterocycles. The quantitative estimate of drug-likeness (QED) is 0.0381. The van der Waals surface area contributed by atoms with Crippen LogP contribution in [0.2, 0.25) is 0 Å². The van der Waals surface area contributed by atoms with Crippen LogP contribution in [0.1, 0.15) is 31.4 Å². The van der Waals surface area contributed by atoms with E-state index in [9.17, 15) is 33.9 Å². The molecule has 1 heterocycles. The Bertz CT molecular complexity index is 1010. The summed E-state index contributed by atoms with van der Waals surface area (Å²) in [6, 6.07) is -2.23. The van der Waals surface area contributed by atoms with Crippen LogP contribution in [0.3, 0.4) is 0 Å². The average Bonchev–Trinajstić information content (AvgIpc) is 3.40. The normalized spacial score (nSPS) is 10.5. The fourth-order valence-electron chi connectivity index (χ4n) is 2.76. The molecule has 1 aromatic rings. The zero-order valence-corrected chi connectivity index (χ0v) is 21.7. The predicted octanol–water partition coefficient (Wildman–Crippen LogP) is -3.77. The number of aliphatic carboxylic acids is 2. The van der Waals surface area contributed by atoms with Gasteiger partial charge in [0.25, 0.3) is 0 Å². The van der Waals surface area contributed by atoms with Crippen molar-refractivity contribution in [3.63, 3.8) is 0 Å². The van der Waals surface area contributed by atoms with Crippen LogP contribution in [-0.2, 0) is 55.7 Å². The van der Waals surface area contributed by atoms with E-state index in [0.717, 1.165) is 0 Å². The Morgan fingerprint density at radius 3 is 2.12 bits per heavy atom. The molecule has 4 amide bonds. The molecular formula is C22H30N8O11. The van der Waals surface area contributed by atoms with Crippen molar-refractivity contribution in [2.45, 2.75) is 50.7 Å². The number of aromatic nitrogens is 3. The van der Waals surface area contributed by atoms with Gasteiger partial charge in [-0.15, -0.1) is 5.10 Å². The van der Waals surface area contributed by atoms with Crippen molar-refractivity contribution in [3.8, 4) is 0 Å². The summed E-state index contributed by atoms with van der Waals surface area (Å²) in [4.78, 5) is 67.4.